The van der Waals surface area contributed by atoms with Gasteiger partial charge >= 0.3 is 0 Å². The molecular weight excluding hydrogens is 400 g/mol. The van der Waals surface area contributed by atoms with Gasteiger partial charge < -0.3 is 0 Å². The zero-order chi connectivity index (χ0) is 20.8. The third-order valence-corrected chi connectivity index (χ3v) is 5.29. The van der Waals surface area contributed by atoms with Crippen LogP contribution >= 0.6 is 0 Å². The molecule has 0 radical (unpaired) electrons. The maximum absolute atomic E-state index is 14.3. The lowest BCUT2D eigenvalue weighted by Gasteiger charge is -2.12. The van der Waals surface area contributed by atoms with E-state index in [-0.39, 0.29) is 21.7 Å². The van der Waals surface area contributed by atoms with Gasteiger partial charge in [-0.2, -0.15) is 9.78 Å². The van der Waals surface area contributed by atoms with Gasteiger partial charge in [0.15, 0.2) is 5.82 Å². The molecule has 0 amide bonds. The van der Waals surface area contributed by atoms with Crippen LogP contribution in [0.1, 0.15) is 0 Å². The Morgan fingerprint density at radius 2 is 1.62 bits per heavy atom. The van der Waals surface area contributed by atoms with E-state index >= 15 is 0 Å². The number of hydrogen-bond donors (Lipinski definition) is 1. The van der Waals surface area contributed by atoms with Gasteiger partial charge in [-0.15, -0.1) is 0 Å². The van der Waals surface area contributed by atoms with Crippen molar-refractivity contribution in [2.45, 2.75) is 4.90 Å². The SMILES string of the molecule is NS(=O)(=O)c1cccc(-c2nn(-c3ccc(F)cc3F)c(=O)c3ccccc23)c1. The number of sulfonamides is 1. The Morgan fingerprint density at radius 1 is 0.897 bits per heavy atom. The molecule has 2 N–H and O–H groups in total. The molecule has 0 atom stereocenters. The van der Waals surface area contributed by atoms with E-state index < -0.39 is 27.2 Å². The fourth-order valence-electron chi connectivity index (χ4n) is 3.04. The van der Waals surface area contributed by atoms with Crippen molar-refractivity contribution in [3.05, 3.63) is 88.7 Å². The quantitative estimate of drug-likeness (QED) is 0.559. The van der Waals surface area contributed by atoms with Crippen LogP contribution in [0, 0.1) is 11.6 Å². The molecular formula is C20H13F2N3O3S. The highest BCUT2D eigenvalue weighted by atomic mass is 32.2. The fraction of sp³-hybridized carbons (Fsp3) is 0. The summed E-state index contributed by atoms with van der Waals surface area (Å²) in [6, 6.07) is 15.0. The minimum atomic E-state index is -3.97. The first kappa shape index (κ1) is 18.9. The topological polar surface area (TPSA) is 95.1 Å². The Morgan fingerprint density at radius 3 is 2.31 bits per heavy atom. The summed E-state index contributed by atoms with van der Waals surface area (Å²) in [5.74, 6) is -1.75. The van der Waals surface area contributed by atoms with Gasteiger partial charge in [0.2, 0.25) is 10.0 Å². The lowest BCUT2D eigenvalue weighted by molar-refractivity contribution is 0.571. The van der Waals surface area contributed by atoms with Crippen molar-refractivity contribution in [3.8, 4) is 16.9 Å². The first-order chi connectivity index (χ1) is 13.8. The summed E-state index contributed by atoms with van der Waals surface area (Å²) in [4.78, 5) is 12.8. The second-order valence-corrected chi connectivity index (χ2v) is 7.84. The number of fused-ring (bicyclic) bond motifs is 1. The van der Waals surface area contributed by atoms with Gasteiger partial charge in [0.05, 0.1) is 16.0 Å². The summed E-state index contributed by atoms with van der Waals surface area (Å²) >= 11 is 0. The highest BCUT2D eigenvalue weighted by Crippen LogP contribution is 2.27. The molecule has 6 nitrogen and oxygen atoms in total. The normalized spacial score (nSPS) is 11.7. The maximum Gasteiger partial charge on any atom is 0.279 e. The van der Waals surface area contributed by atoms with Gasteiger partial charge in [0.25, 0.3) is 5.56 Å². The number of halogens is 2. The molecule has 0 aliphatic rings. The zero-order valence-electron chi connectivity index (χ0n) is 14.7. The Labute approximate surface area is 163 Å². The van der Waals surface area contributed by atoms with Crippen molar-refractivity contribution in [2.75, 3.05) is 0 Å². The molecule has 0 saturated carbocycles. The van der Waals surface area contributed by atoms with Crippen LogP contribution in [0.15, 0.2) is 76.4 Å². The largest absolute Gasteiger partial charge is 0.279 e. The van der Waals surface area contributed by atoms with Crippen molar-refractivity contribution in [1.29, 1.82) is 0 Å². The predicted molar refractivity (Wildman–Crippen MR) is 104 cm³/mol. The average molecular weight is 413 g/mol. The number of primary sulfonamides is 1. The molecule has 0 fully saturated rings. The average Bonchev–Trinajstić information content (AvgIpc) is 2.69. The second kappa shape index (κ2) is 6.87. The van der Waals surface area contributed by atoms with Crippen LogP contribution < -0.4 is 10.7 Å². The van der Waals surface area contributed by atoms with Gasteiger partial charge in [-0.3, -0.25) is 4.79 Å². The standard InChI is InChI=1S/C20H13F2N3O3S/c21-13-8-9-18(17(22)11-13)25-20(26)16-7-2-1-6-15(16)19(24-25)12-4-3-5-14(10-12)29(23,27)28/h1-11H,(H2,23,27,28). The summed E-state index contributed by atoms with van der Waals surface area (Å²) < 4.78 is 51.9. The molecule has 4 rings (SSSR count). The Hall–Kier alpha value is -3.43. The van der Waals surface area contributed by atoms with Crippen molar-refractivity contribution < 1.29 is 17.2 Å². The van der Waals surface area contributed by atoms with Crippen LogP contribution in [0.5, 0.6) is 0 Å². The van der Waals surface area contributed by atoms with E-state index in [0.29, 0.717) is 17.0 Å². The first-order valence-corrected chi connectivity index (χ1v) is 9.91. The van der Waals surface area contributed by atoms with Crippen LogP contribution in [-0.4, -0.2) is 18.2 Å². The second-order valence-electron chi connectivity index (χ2n) is 6.28. The lowest BCUT2D eigenvalue weighted by Crippen LogP contribution is -2.23. The van der Waals surface area contributed by atoms with E-state index in [4.69, 9.17) is 5.14 Å². The molecule has 29 heavy (non-hydrogen) atoms. The molecule has 0 aliphatic carbocycles. The Kier molecular flexibility index (Phi) is 4.48. The molecule has 9 heteroatoms. The lowest BCUT2D eigenvalue weighted by atomic mass is 10.1. The highest BCUT2D eigenvalue weighted by Gasteiger charge is 2.17. The van der Waals surface area contributed by atoms with Crippen molar-refractivity contribution in [3.63, 3.8) is 0 Å². The van der Waals surface area contributed by atoms with Crippen LogP contribution in [0.4, 0.5) is 8.78 Å². The van der Waals surface area contributed by atoms with E-state index in [1.54, 1.807) is 30.3 Å². The summed E-state index contributed by atoms with van der Waals surface area (Å²) in [5, 5.41) is 10.2. The van der Waals surface area contributed by atoms with Crippen molar-refractivity contribution in [1.82, 2.24) is 9.78 Å². The van der Waals surface area contributed by atoms with Gasteiger partial charge in [-0.1, -0.05) is 30.3 Å². The molecule has 4 aromatic rings. The molecule has 0 saturated heterocycles. The van der Waals surface area contributed by atoms with Crippen LogP contribution in [0.3, 0.4) is 0 Å². The Balaban J connectivity index is 2.08. The summed E-state index contributed by atoms with van der Waals surface area (Å²) in [7, 11) is -3.97. The van der Waals surface area contributed by atoms with Crippen LogP contribution in [0.25, 0.3) is 27.7 Å². The van der Waals surface area contributed by atoms with Crippen molar-refractivity contribution in [2.24, 2.45) is 5.14 Å². The third-order valence-electron chi connectivity index (χ3n) is 4.38. The third kappa shape index (κ3) is 3.41. The molecule has 1 aromatic heterocycles. The Bertz CT molecular complexity index is 1430. The molecule has 0 unspecified atom stereocenters. The minimum absolute atomic E-state index is 0.133. The fourth-order valence-corrected chi connectivity index (χ4v) is 3.60. The van der Waals surface area contributed by atoms with Gasteiger partial charge in [-0.05, 0) is 30.3 Å². The minimum Gasteiger partial charge on any atom is -0.267 e. The molecule has 146 valence electrons. The van der Waals surface area contributed by atoms with E-state index in [1.807, 2.05) is 0 Å². The summed E-state index contributed by atoms with van der Waals surface area (Å²) in [6.07, 6.45) is 0. The smallest absolute Gasteiger partial charge is 0.267 e. The number of rotatable bonds is 3. The van der Waals surface area contributed by atoms with Gasteiger partial charge in [-0.25, -0.2) is 22.3 Å². The molecule has 0 bridgehead atoms. The van der Waals surface area contributed by atoms with E-state index in [0.717, 1.165) is 16.8 Å². The number of aromatic nitrogens is 2. The molecule has 3 aromatic carbocycles. The van der Waals surface area contributed by atoms with Gasteiger partial charge in [0.1, 0.15) is 11.5 Å². The first-order valence-electron chi connectivity index (χ1n) is 8.36. The van der Waals surface area contributed by atoms with E-state index in [2.05, 4.69) is 5.10 Å². The van der Waals surface area contributed by atoms with Crippen LogP contribution in [0.2, 0.25) is 0 Å². The van der Waals surface area contributed by atoms with Gasteiger partial charge in [0, 0.05) is 17.0 Å². The summed E-state index contributed by atoms with van der Waals surface area (Å²) in [6.45, 7) is 0. The summed E-state index contributed by atoms with van der Waals surface area (Å²) in [5.41, 5.74) is -0.220. The van der Waals surface area contributed by atoms with Crippen molar-refractivity contribution >= 4 is 20.8 Å². The van der Waals surface area contributed by atoms with E-state index in [9.17, 15) is 22.0 Å². The zero-order valence-corrected chi connectivity index (χ0v) is 15.5. The number of nitrogens with two attached hydrogens (primary N) is 1. The number of nitrogens with zero attached hydrogens (tertiary/aromatic N) is 2. The van der Waals surface area contributed by atoms with Crippen LogP contribution in [-0.2, 0) is 10.0 Å². The molecule has 1 heterocycles. The molecule has 0 spiro atoms. The van der Waals surface area contributed by atoms with E-state index in [1.165, 1.54) is 18.2 Å². The maximum atomic E-state index is 14.3. The molecule has 0 aliphatic heterocycles. The predicted octanol–water partition coefficient (Wildman–Crippen LogP) is 2.98. The highest BCUT2D eigenvalue weighted by molar-refractivity contribution is 7.89. The number of benzene rings is 3. The number of hydrogen-bond acceptors (Lipinski definition) is 4. The monoisotopic (exact) mass is 413 g/mol.